The van der Waals surface area contributed by atoms with Crippen LogP contribution in [0, 0.1) is 11.8 Å². The third kappa shape index (κ3) is 3.09. The molecule has 32 heavy (non-hydrogen) atoms. The molecule has 4 aliphatic rings. The highest BCUT2D eigenvalue weighted by Crippen LogP contribution is 2.53. The van der Waals surface area contributed by atoms with E-state index in [0.717, 1.165) is 0 Å². The fourth-order valence-electron chi connectivity index (χ4n) is 5.31. The maximum Gasteiger partial charge on any atom is 0.312 e. The zero-order valence-electron chi connectivity index (χ0n) is 17.2. The lowest BCUT2D eigenvalue weighted by molar-refractivity contribution is -0.154. The fourth-order valence-corrected chi connectivity index (χ4v) is 5.43. The lowest BCUT2D eigenvalue weighted by atomic mass is 9.77. The van der Waals surface area contributed by atoms with Gasteiger partial charge in [0, 0.05) is 23.8 Å². The molecular weight excluding hydrogens is 436 g/mol. The highest BCUT2D eigenvalue weighted by molar-refractivity contribution is 6.30. The number of ether oxygens (including phenoxy) is 2. The molecule has 0 aromatic heterocycles. The van der Waals surface area contributed by atoms with Gasteiger partial charge in [-0.2, -0.15) is 0 Å². The Labute approximate surface area is 190 Å². The summed E-state index contributed by atoms with van der Waals surface area (Å²) in [6.45, 7) is 0.143. The van der Waals surface area contributed by atoms with Crippen LogP contribution in [0.3, 0.4) is 0 Å². The van der Waals surface area contributed by atoms with Gasteiger partial charge in [0.05, 0.1) is 25.2 Å². The van der Waals surface area contributed by atoms with Gasteiger partial charge in [0.25, 0.3) is 5.91 Å². The molecule has 9 heteroatoms. The van der Waals surface area contributed by atoms with Gasteiger partial charge in [-0.25, -0.2) is 0 Å². The zero-order chi connectivity index (χ0) is 22.5. The first-order valence-electron chi connectivity index (χ1n) is 10.6. The molecule has 2 amide bonds. The molecule has 2 unspecified atom stereocenters. The average molecular weight is 459 g/mol. The van der Waals surface area contributed by atoms with Gasteiger partial charge in [-0.15, -0.1) is 0 Å². The zero-order valence-corrected chi connectivity index (χ0v) is 18.0. The quantitative estimate of drug-likeness (QED) is 0.542. The number of benzene rings is 1. The van der Waals surface area contributed by atoms with Crippen molar-refractivity contribution in [2.24, 2.45) is 11.8 Å². The predicted molar refractivity (Wildman–Crippen MR) is 115 cm³/mol. The molecule has 5 rings (SSSR count). The topological polar surface area (TPSA) is 96.4 Å². The predicted octanol–water partition coefficient (Wildman–Crippen LogP) is 1.32. The van der Waals surface area contributed by atoms with E-state index in [1.807, 2.05) is 6.08 Å². The number of rotatable bonds is 3. The smallest absolute Gasteiger partial charge is 0.312 e. The lowest BCUT2D eigenvalue weighted by Crippen LogP contribution is -2.55. The second-order valence-electron chi connectivity index (χ2n) is 8.31. The third-order valence-electron chi connectivity index (χ3n) is 6.60. The molecule has 0 aliphatic carbocycles. The number of hydrogen-bond donors (Lipinski definition) is 1. The molecule has 4 aliphatic heterocycles. The van der Waals surface area contributed by atoms with Crippen LogP contribution in [0.5, 0.6) is 0 Å². The van der Waals surface area contributed by atoms with Crippen molar-refractivity contribution in [3.63, 3.8) is 0 Å². The molecule has 4 heterocycles. The maximum absolute atomic E-state index is 13.9. The Hall–Kier alpha value is -2.68. The van der Waals surface area contributed by atoms with Crippen molar-refractivity contribution in [1.29, 1.82) is 0 Å². The maximum atomic E-state index is 13.9. The minimum Gasteiger partial charge on any atom is -0.465 e. The summed E-state index contributed by atoms with van der Waals surface area (Å²) < 4.78 is 11.8. The molecule has 0 radical (unpaired) electrons. The highest BCUT2D eigenvalue weighted by atomic mass is 35.5. The van der Waals surface area contributed by atoms with E-state index in [1.54, 1.807) is 47.4 Å². The number of aliphatic hydroxyl groups excluding tert-OH is 1. The van der Waals surface area contributed by atoms with Crippen molar-refractivity contribution in [3.05, 3.63) is 53.6 Å². The molecule has 2 fully saturated rings. The minimum atomic E-state index is -1.33. The van der Waals surface area contributed by atoms with Crippen molar-refractivity contribution in [1.82, 2.24) is 4.90 Å². The van der Waals surface area contributed by atoms with Crippen LogP contribution in [0.2, 0.25) is 5.02 Å². The van der Waals surface area contributed by atoms with E-state index in [2.05, 4.69) is 0 Å². The largest absolute Gasteiger partial charge is 0.465 e. The summed E-state index contributed by atoms with van der Waals surface area (Å²) in [5.41, 5.74) is -0.697. The van der Waals surface area contributed by atoms with Gasteiger partial charge >= 0.3 is 5.97 Å². The summed E-state index contributed by atoms with van der Waals surface area (Å²) in [5.74, 6) is -3.00. The van der Waals surface area contributed by atoms with Crippen LogP contribution in [0.25, 0.3) is 0 Å². The Balaban J connectivity index is 1.61. The minimum absolute atomic E-state index is 0.0403. The van der Waals surface area contributed by atoms with Crippen LogP contribution >= 0.6 is 11.6 Å². The number of fused-ring (bicyclic) bond motifs is 2. The number of likely N-dealkylation sites (tertiary alicyclic amines) is 1. The summed E-state index contributed by atoms with van der Waals surface area (Å²) in [7, 11) is 0. The van der Waals surface area contributed by atoms with Crippen LogP contribution in [-0.4, -0.2) is 71.8 Å². The van der Waals surface area contributed by atoms with Gasteiger partial charge in [-0.3, -0.25) is 14.4 Å². The standard InChI is InChI=1S/C23H23ClN2O6/c24-14-5-7-15(8-6-14)25-10-3-9-23-18(20(28)26(11-12-27)19(23)21(25)29)17-16(32-23)4-1-2-13-31-22(17)30/h1,3-9,16-19,27H,2,10-13H2/t16-,17?,18+,19-,23?/m1/s1. The molecule has 1 spiro atoms. The second kappa shape index (κ2) is 8.03. The van der Waals surface area contributed by atoms with Crippen LogP contribution in [0.1, 0.15) is 6.42 Å². The first-order valence-corrected chi connectivity index (χ1v) is 11.0. The number of carbonyl (C=O) groups excluding carboxylic acids is 3. The highest BCUT2D eigenvalue weighted by Gasteiger charge is 2.71. The Morgan fingerprint density at radius 2 is 1.91 bits per heavy atom. The lowest BCUT2D eigenvalue weighted by Gasteiger charge is -2.35. The van der Waals surface area contributed by atoms with Crippen molar-refractivity contribution >= 4 is 35.1 Å². The third-order valence-corrected chi connectivity index (χ3v) is 6.85. The number of anilines is 1. The molecule has 8 nitrogen and oxygen atoms in total. The van der Waals surface area contributed by atoms with Gasteiger partial charge in [0.15, 0.2) is 0 Å². The van der Waals surface area contributed by atoms with Crippen LogP contribution in [0.15, 0.2) is 48.6 Å². The summed E-state index contributed by atoms with van der Waals surface area (Å²) >= 11 is 6.01. The molecule has 1 aromatic rings. The molecule has 5 atom stereocenters. The molecule has 0 bridgehead atoms. The van der Waals surface area contributed by atoms with E-state index in [1.165, 1.54) is 4.90 Å². The average Bonchev–Trinajstić information content (AvgIpc) is 3.13. The van der Waals surface area contributed by atoms with Crippen LogP contribution < -0.4 is 4.90 Å². The first-order chi connectivity index (χ1) is 15.5. The van der Waals surface area contributed by atoms with E-state index in [9.17, 15) is 19.5 Å². The summed E-state index contributed by atoms with van der Waals surface area (Å²) in [5, 5.41) is 10.2. The van der Waals surface area contributed by atoms with Crippen molar-refractivity contribution < 1.29 is 29.0 Å². The van der Waals surface area contributed by atoms with Gasteiger partial charge in [-0.05, 0) is 30.7 Å². The Morgan fingerprint density at radius 1 is 1.12 bits per heavy atom. The summed E-state index contributed by atoms with van der Waals surface area (Å²) in [4.78, 5) is 43.2. The number of amides is 2. The van der Waals surface area contributed by atoms with Crippen LogP contribution in [-0.2, 0) is 23.9 Å². The van der Waals surface area contributed by atoms with Crippen molar-refractivity contribution in [3.8, 4) is 0 Å². The van der Waals surface area contributed by atoms with Gasteiger partial charge in [0.2, 0.25) is 5.91 Å². The SMILES string of the molecule is O=C1OCCC=C[C@H]2OC34C=CCN(c5ccc(Cl)cc5)C(=O)[C@H]3N(CCO)C(=O)[C@@H]4C12. The number of aliphatic hydroxyl groups is 1. The van der Waals surface area contributed by atoms with Gasteiger partial charge in [-0.1, -0.05) is 35.9 Å². The number of nitrogens with zero attached hydrogens (tertiary/aromatic N) is 2. The first kappa shape index (κ1) is 21.2. The Bertz CT molecular complexity index is 1010. The van der Waals surface area contributed by atoms with Crippen LogP contribution in [0.4, 0.5) is 5.69 Å². The molecule has 2 saturated heterocycles. The number of β-amino-alcohol motifs (C(OH)–C–C–N with tert-alkyl or cyclic N) is 1. The van der Waals surface area contributed by atoms with E-state index in [4.69, 9.17) is 21.1 Å². The molecular formula is C23H23ClN2O6. The van der Waals surface area contributed by atoms with E-state index in [0.29, 0.717) is 17.1 Å². The molecule has 168 valence electrons. The van der Waals surface area contributed by atoms with E-state index < -0.39 is 41.5 Å². The second-order valence-corrected chi connectivity index (χ2v) is 8.75. The van der Waals surface area contributed by atoms with E-state index in [-0.39, 0.29) is 32.2 Å². The Morgan fingerprint density at radius 3 is 2.66 bits per heavy atom. The summed E-state index contributed by atoms with van der Waals surface area (Å²) in [6, 6.07) is 5.84. The monoisotopic (exact) mass is 458 g/mol. The molecule has 1 aromatic carbocycles. The normalized spacial score (nSPS) is 33.9. The van der Waals surface area contributed by atoms with E-state index >= 15 is 0 Å². The fraction of sp³-hybridized carbons (Fsp3) is 0.435. The van der Waals surface area contributed by atoms with Gasteiger partial charge in [0.1, 0.15) is 17.6 Å². The molecule has 1 N–H and O–H groups in total. The number of cyclic esters (lactones) is 1. The Kier molecular flexibility index (Phi) is 5.31. The van der Waals surface area contributed by atoms with Gasteiger partial charge < -0.3 is 24.4 Å². The number of carbonyl (C=O) groups is 3. The van der Waals surface area contributed by atoms with Crippen molar-refractivity contribution in [2.75, 3.05) is 31.2 Å². The summed E-state index contributed by atoms with van der Waals surface area (Å²) in [6.07, 6.45) is 7.09. The number of halogens is 1. The number of esters is 1. The molecule has 0 saturated carbocycles. The van der Waals surface area contributed by atoms with Crippen molar-refractivity contribution in [2.45, 2.75) is 24.2 Å². The number of hydrogen-bond acceptors (Lipinski definition) is 6.